The van der Waals surface area contributed by atoms with Gasteiger partial charge in [0, 0.05) is 12.6 Å². The molecule has 0 radical (unpaired) electrons. The van der Waals surface area contributed by atoms with E-state index in [9.17, 15) is 17.2 Å². The highest BCUT2D eigenvalue weighted by molar-refractivity contribution is 7.89. The summed E-state index contributed by atoms with van der Waals surface area (Å²) in [5.41, 5.74) is 5.45. The lowest BCUT2D eigenvalue weighted by atomic mass is 10.3. The maximum Gasteiger partial charge on any atom is 0.243 e. The van der Waals surface area contributed by atoms with E-state index in [1.807, 2.05) is 0 Å². The molecule has 8 heteroatoms. The van der Waals surface area contributed by atoms with Crippen molar-refractivity contribution in [3.8, 4) is 0 Å². The summed E-state index contributed by atoms with van der Waals surface area (Å²) in [6.07, 6.45) is 0.413. The molecule has 0 bridgehead atoms. The second-order valence-electron chi connectivity index (χ2n) is 3.72. The van der Waals surface area contributed by atoms with Crippen molar-refractivity contribution in [1.82, 2.24) is 4.72 Å². The van der Waals surface area contributed by atoms with E-state index in [2.05, 4.69) is 4.72 Å². The van der Waals surface area contributed by atoms with E-state index in [1.54, 1.807) is 6.92 Å². The molecule has 1 rings (SSSR count). The van der Waals surface area contributed by atoms with Crippen LogP contribution in [0.15, 0.2) is 23.1 Å². The molecule has 1 aromatic carbocycles. The van der Waals surface area contributed by atoms with Crippen molar-refractivity contribution in [3.05, 3.63) is 29.8 Å². The van der Waals surface area contributed by atoms with Crippen molar-refractivity contribution in [3.63, 3.8) is 0 Å². The van der Waals surface area contributed by atoms with Crippen LogP contribution in [-0.2, 0) is 10.0 Å². The van der Waals surface area contributed by atoms with Gasteiger partial charge in [-0.05, 0) is 25.5 Å². The molecule has 18 heavy (non-hydrogen) atoms. The predicted molar refractivity (Wildman–Crippen MR) is 67.1 cm³/mol. The molecule has 0 saturated carbocycles. The van der Waals surface area contributed by atoms with Gasteiger partial charge in [-0.2, -0.15) is 0 Å². The van der Waals surface area contributed by atoms with Crippen LogP contribution in [0.5, 0.6) is 0 Å². The van der Waals surface area contributed by atoms with Crippen molar-refractivity contribution in [2.45, 2.75) is 24.3 Å². The first-order valence-corrected chi connectivity index (χ1v) is 6.52. The van der Waals surface area contributed by atoms with E-state index in [4.69, 9.17) is 5.73 Å². The van der Waals surface area contributed by atoms with Crippen molar-refractivity contribution < 1.29 is 17.2 Å². The quantitative estimate of drug-likeness (QED) is 0.863. The minimum atomic E-state index is -4.03. The van der Waals surface area contributed by atoms with Gasteiger partial charge in [-0.1, -0.05) is 6.07 Å². The molecule has 3 N–H and O–H groups in total. The summed E-state index contributed by atoms with van der Waals surface area (Å²) in [6, 6.07) is 2.83. The Labute approximate surface area is 111 Å². The zero-order valence-corrected chi connectivity index (χ0v) is 11.3. The van der Waals surface area contributed by atoms with Crippen molar-refractivity contribution >= 4 is 22.4 Å². The number of nitrogens with one attached hydrogen (secondary N) is 1. The topological polar surface area (TPSA) is 72.2 Å². The third kappa shape index (κ3) is 4.49. The van der Waals surface area contributed by atoms with Crippen molar-refractivity contribution in [1.29, 1.82) is 0 Å². The summed E-state index contributed by atoms with van der Waals surface area (Å²) in [6.45, 7) is 1.80. The van der Waals surface area contributed by atoms with Crippen LogP contribution in [0.2, 0.25) is 0 Å². The molecular formula is C10H15ClF2N2O2S. The maximum absolute atomic E-state index is 13.3. The summed E-state index contributed by atoms with van der Waals surface area (Å²) in [5, 5.41) is 0. The SMILES string of the molecule is CC(N)CCNS(=O)(=O)c1cccc(F)c1F.Cl. The Morgan fingerprint density at radius 3 is 2.56 bits per heavy atom. The summed E-state index contributed by atoms with van der Waals surface area (Å²) in [4.78, 5) is -0.692. The molecular weight excluding hydrogens is 286 g/mol. The number of hydrogen-bond acceptors (Lipinski definition) is 3. The highest BCUT2D eigenvalue weighted by Gasteiger charge is 2.20. The molecule has 0 aromatic heterocycles. The van der Waals surface area contributed by atoms with Gasteiger partial charge in [0.15, 0.2) is 11.6 Å². The molecule has 0 spiro atoms. The number of rotatable bonds is 5. The molecule has 0 aliphatic heterocycles. The standard InChI is InChI=1S/C10H14F2N2O2S.ClH/c1-7(13)5-6-14-17(15,16)9-4-2-3-8(11)10(9)12;/h2-4,7,14H,5-6,13H2,1H3;1H. The van der Waals surface area contributed by atoms with Gasteiger partial charge in [0.05, 0.1) is 0 Å². The zero-order chi connectivity index (χ0) is 13.1. The molecule has 0 heterocycles. The van der Waals surface area contributed by atoms with E-state index >= 15 is 0 Å². The molecule has 0 fully saturated rings. The van der Waals surface area contributed by atoms with E-state index in [0.717, 1.165) is 18.2 Å². The molecule has 0 aliphatic carbocycles. The number of benzene rings is 1. The first-order chi connectivity index (χ1) is 7.84. The third-order valence-electron chi connectivity index (χ3n) is 2.10. The highest BCUT2D eigenvalue weighted by Crippen LogP contribution is 2.16. The Morgan fingerprint density at radius 2 is 2.00 bits per heavy atom. The largest absolute Gasteiger partial charge is 0.328 e. The van der Waals surface area contributed by atoms with Crippen LogP contribution >= 0.6 is 12.4 Å². The smallest absolute Gasteiger partial charge is 0.243 e. The molecule has 1 atom stereocenters. The lowest BCUT2D eigenvalue weighted by Gasteiger charge is -2.09. The fourth-order valence-corrected chi connectivity index (χ4v) is 2.32. The second kappa shape index (κ2) is 6.98. The first kappa shape index (κ1) is 17.2. The summed E-state index contributed by atoms with van der Waals surface area (Å²) in [5.74, 6) is -2.57. The summed E-state index contributed by atoms with van der Waals surface area (Å²) < 4.78 is 51.6. The average Bonchev–Trinajstić information content (AvgIpc) is 2.21. The van der Waals surface area contributed by atoms with Gasteiger partial charge in [-0.3, -0.25) is 0 Å². The van der Waals surface area contributed by atoms with E-state index in [1.165, 1.54) is 0 Å². The maximum atomic E-state index is 13.3. The van der Waals surface area contributed by atoms with Gasteiger partial charge >= 0.3 is 0 Å². The van der Waals surface area contributed by atoms with Gasteiger partial charge in [-0.25, -0.2) is 21.9 Å². The Hall–Kier alpha value is -0.760. The Balaban J connectivity index is 0.00000289. The highest BCUT2D eigenvalue weighted by atomic mass is 35.5. The van der Waals surface area contributed by atoms with Crippen LogP contribution in [0.4, 0.5) is 8.78 Å². The molecule has 1 unspecified atom stereocenters. The minimum absolute atomic E-state index is 0. The van der Waals surface area contributed by atoms with Crippen LogP contribution in [0, 0.1) is 11.6 Å². The van der Waals surface area contributed by atoms with E-state index in [-0.39, 0.29) is 25.0 Å². The summed E-state index contributed by atoms with van der Waals surface area (Å²) >= 11 is 0. The van der Waals surface area contributed by atoms with Gasteiger partial charge in [0.2, 0.25) is 10.0 Å². The van der Waals surface area contributed by atoms with Gasteiger partial charge in [0.25, 0.3) is 0 Å². The van der Waals surface area contributed by atoms with Gasteiger partial charge in [0.1, 0.15) is 4.90 Å². The van der Waals surface area contributed by atoms with Crippen LogP contribution in [0.1, 0.15) is 13.3 Å². The normalized spacial score (nSPS) is 12.9. The molecule has 0 amide bonds. The summed E-state index contributed by atoms with van der Waals surface area (Å²) in [7, 11) is -4.03. The van der Waals surface area contributed by atoms with Crippen molar-refractivity contribution in [2.24, 2.45) is 5.73 Å². The third-order valence-corrected chi connectivity index (χ3v) is 3.58. The monoisotopic (exact) mass is 300 g/mol. The lowest BCUT2D eigenvalue weighted by Crippen LogP contribution is -2.29. The van der Waals surface area contributed by atoms with Crippen LogP contribution in [0.3, 0.4) is 0 Å². The number of hydrogen-bond donors (Lipinski definition) is 2. The Bertz CT molecular complexity index is 495. The van der Waals surface area contributed by atoms with E-state index < -0.39 is 26.6 Å². The number of halogens is 3. The average molecular weight is 301 g/mol. The Kier molecular flexibility index (Phi) is 6.69. The van der Waals surface area contributed by atoms with Gasteiger partial charge < -0.3 is 5.73 Å². The van der Waals surface area contributed by atoms with Crippen LogP contribution in [-0.4, -0.2) is 21.0 Å². The fourth-order valence-electron chi connectivity index (χ4n) is 1.19. The van der Waals surface area contributed by atoms with Crippen LogP contribution < -0.4 is 10.5 Å². The van der Waals surface area contributed by atoms with Gasteiger partial charge in [-0.15, -0.1) is 12.4 Å². The molecule has 4 nitrogen and oxygen atoms in total. The number of nitrogens with two attached hydrogens (primary N) is 1. The Morgan fingerprint density at radius 1 is 1.39 bits per heavy atom. The number of sulfonamides is 1. The van der Waals surface area contributed by atoms with E-state index in [0.29, 0.717) is 6.42 Å². The predicted octanol–water partition coefficient (Wildman–Crippen LogP) is 1.40. The molecule has 0 aliphatic rings. The lowest BCUT2D eigenvalue weighted by molar-refractivity contribution is 0.482. The minimum Gasteiger partial charge on any atom is -0.328 e. The zero-order valence-electron chi connectivity index (χ0n) is 9.69. The molecule has 0 saturated heterocycles. The molecule has 1 aromatic rings. The second-order valence-corrected chi connectivity index (χ2v) is 5.45. The fraction of sp³-hybridized carbons (Fsp3) is 0.400. The van der Waals surface area contributed by atoms with Crippen LogP contribution in [0.25, 0.3) is 0 Å². The molecule has 104 valence electrons. The van der Waals surface area contributed by atoms with Crippen molar-refractivity contribution in [2.75, 3.05) is 6.54 Å². The first-order valence-electron chi connectivity index (χ1n) is 5.04.